The number of aromatic nitrogens is 1. The molecule has 3 heterocycles. The molecule has 2 aliphatic rings. The Morgan fingerprint density at radius 1 is 0.971 bits per heavy atom. The lowest BCUT2D eigenvalue weighted by Crippen LogP contribution is -2.43. The van der Waals surface area contributed by atoms with Crippen LogP contribution in [0.15, 0.2) is 48.7 Å². The van der Waals surface area contributed by atoms with Crippen LogP contribution in [0.25, 0.3) is 22.0 Å². The summed E-state index contributed by atoms with van der Waals surface area (Å²) in [6, 6.07) is 14.8. The molecule has 2 aliphatic heterocycles. The Hall–Kier alpha value is -2.71. The van der Waals surface area contributed by atoms with Crippen LogP contribution in [0.1, 0.15) is 22.3 Å². The van der Waals surface area contributed by atoms with Crippen LogP contribution >= 0.6 is 0 Å². The molecule has 0 atom stereocenters. The van der Waals surface area contributed by atoms with Gasteiger partial charge in [-0.3, -0.25) is 14.6 Å². The third-order valence-corrected chi connectivity index (χ3v) is 7.25. The normalized spacial score (nSPS) is 18.2. The molecule has 2 aromatic carbocycles. The van der Waals surface area contributed by atoms with E-state index in [1.807, 2.05) is 18.3 Å². The topological polar surface area (TPSA) is 63.8 Å². The maximum atomic E-state index is 12.7. The molecule has 186 valence electrons. The summed E-state index contributed by atoms with van der Waals surface area (Å²) >= 11 is 0. The van der Waals surface area contributed by atoms with Gasteiger partial charge in [0.25, 0.3) is 5.91 Å². The summed E-state index contributed by atoms with van der Waals surface area (Å²) in [7, 11) is 2.19. The van der Waals surface area contributed by atoms with Crippen LogP contribution in [0.3, 0.4) is 0 Å². The summed E-state index contributed by atoms with van der Waals surface area (Å²) < 4.78 is 5.39. The van der Waals surface area contributed by atoms with Crippen molar-refractivity contribution in [2.24, 2.45) is 0 Å². The maximum absolute atomic E-state index is 12.7. The number of amides is 1. The molecule has 0 spiro atoms. The second-order valence-corrected chi connectivity index (χ2v) is 9.80. The van der Waals surface area contributed by atoms with Crippen LogP contribution in [0, 0.1) is 0 Å². The van der Waals surface area contributed by atoms with Crippen molar-refractivity contribution in [1.82, 2.24) is 25.0 Å². The van der Waals surface area contributed by atoms with E-state index in [1.54, 1.807) is 0 Å². The number of ether oxygens (including phenoxy) is 1. The van der Waals surface area contributed by atoms with Crippen LogP contribution in [-0.2, 0) is 11.3 Å². The standard InChI is InChI=1S/C28H37N5O2/c1-31-11-13-33(14-12-31)21-22-3-5-23(6-4-22)26-20-30-27-19-24(7-8-25(26)27)28(34)29-9-2-10-32-15-17-35-18-16-32/h3-8,19-20,30H,2,9-18,21H2,1H3,(H,29,34). The van der Waals surface area contributed by atoms with E-state index in [0.29, 0.717) is 12.1 Å². The zero-order valence-corrected chi connectivity index (χ0v) is 20.8. The average molecular weight is 476 g/mol. The Morgan fingerprint density at radius 3 is 2.51 bits per heavy atom. The zero-order valence-electron chi connectivity index (χ0n) is 20.8. The Balaban J connectivity index is 1.17. The molecule has 2 fully saturated rings. The highest BCUT2D eigenvalue weighted by Gasteiger charge is 2.15. The van der Waals surface area contributed by atoms with E-state index in [4.69, 9.17) is 4.74 Å². The first-order valence-corrected chi connectivity index (χ1v) is 12.9. The number of carbonyl (C=O) groups excluding carboxylic acids is 1. The largest absolute Gasteiger partial charge is 0.379 e. The van der Waals surface area contributed by atoms with Crippen molar-refractivity contribution >= 4 is 16.8 Å². The number of rotatable bonds is 8. The van der Waals surface area contributed by atoms with E-state index in [9.17, 15) is 4.79 Å². The minimum absolute atomic E-state index is 0.0155. The Kier molecular flexibility index (Phi) is 7.79. The van der Waals surface area contributed by atoms with E-state index in [1.165, 1.54) is 16.7 Å². The number of nitrogens with zero attached hydrogens (tertiary/aromatic N) is 3. The van der Waals surface area contributed by atoms with Gasteiger partial charge in [-0.2, -0.15) is 0 Å². The smallest absolute Gasteiger partial charge is 0.251 e. The summed E-state index contributed by atoms with van der Waals surface area (Å²) in [6.45, 7) is 10.8. The van der Waals surface area contributed by atoms with Crippen molar-refractivity contribution in [1.29, 1.82) is 0 Å². The van der Waals surface area contributed by atoms with Crippen molar-refractivity contribution < 1.29 is 9.53 Å². The number of piperazine rings is 1. The number of benzene rings is 2. The van der Waals surface area contributed by atoms with Gasteiger partial charge in [-0.25, -0.2) is 0 Å². The molecule has 2 N–H and O–H groups in total. The van der Waals surface area contributed by atoms with E-state index in [0.717, 1.165) is 82.9 Å². The van der Waals surface area contributed by atoms with Gasteiger partial charge < -0.3 is 19.9 Å². The van der Waals surface area contributed by atoms with E-state index in [-0.39, 0.29) is 5.91 Å². The lowest BCUT2D eigenvalue weighted by molar-refractivity contribution is 0.0374. The first-order valence-electron chi connectivity index (χ1n) is 12.9. The van der Waals surface area contributed by atoms with Crippen LogP contribution in [0.2, 0.25) is 0 Å². The van der Waals surface area contributed by atoms with Gasteiger partial charge in [0.1, 0.15) is 0 Å². The molecule has 1 aromatic heterocycles. The molecular formula is C28H37N5O2. The van der Waals surface area contributed by atoms with E-state index in [2.05, 4.69) is 62.4 Å². The molecule has 1 amide bonds. The van der Waals surface area contributed by atoms with Gasteiger partial charge in [-0.05, 0) is 43.3 Å². The molecule has 3 aromatic rings. The fraction of sp³-hybridized carbons (Fsp3) is 0.464. The molecule has 0 aliphatic carbocycles. The van der Waals surface area contributed by atoms with Crippen LogP contribution in [-0.4, -0.2) is 98.2 Å². The SMILES string of the molecule is CN1CCN(Cc2ccc(-c3c[nH]c4cc(C(=O)NCCCN5CCOCC5)ccc34)cc2)CC1. The fourth-order valence-corrected chi connectivity index (χ4v) is 4.99. The number of nitrogens with one attached hydrogen (secondary N) is 2. The molecule has 0 bridgehead atoms. The summed E-state index contributed by atoms with van der Waals surface area (Å²) in [5.41, 5.74) is 5.40. The van der Waals surface area contributed by atoms with Crippen molar-refractivity contribution in [3.05, 3.63) is 59.8 Å². The molecule has 0 unspecified atom stereocenters. The molecule has 7 heteroatoms. The molecular weight excluding hydrogens is 438 g/mol. The Labute approximate surface area is 208 Å². The average Bonchev–Trinajstić information content (AvgIpc) is 3.32. The van der Waals surface area contributed by atoms with Crippen molar-refractivity contribution in [2.75, 3.05) is 72.6 Å². The molecule has 0 saturated carbocycles. The lowest BCUT2D eigenvalue weighted by atomic mass is 10.0. The number of morpholine rings is 1. The third-order valence-electron chi connectivity index (χ3n) is 7.25. The highest BCUT2D eigenvalue weighted by Crippen LogP contribution is 2.29. The van der Waals surface area contributed by atoms with Crippen LogP contribution in [0.4, 0.5) is 0 Å². The summed E-state index contributed by atoms with van der Waals surface area (Å²) in [5, 5.41) is 4.21. The summed E-state index contributed by atoms with van der Waals surface area (Å²) in [6.07, 6.45) is 3.00. The number of carbonyl (C=O) groups is 1. The third kappa shape index (κ3) is 6.11. The lowest BCUT2D eigenvalue weighted by Gasteiger charge is -2.32. The zero-order chi connectivity index (χ0) is 24.0. The predicted molar refractivity (Wildman–Crippen MR) is 141 cm³/mol. The van der Waals surface area contributed by atoms with Gasteiger partial charge in [0.2, 0.25) is 0 Å². The number of hydrogen-bond donors (Lipinski definition) is 2. The first kappa shape index (κ1) is 24.0. The number of hydrogen-bond acceptors (Lipinski definition) is 5. The first-order chi connectivity index (χ1) is 17.2. The molecule has 5 rings (SSSR count). The molecule has 2 saturated heterocycles. The van der Waals surface area contributed by atoms with Crippen molar-refractivity contribution in [2.45, 2.75) is 13.0 Å². The highest BCUT2D eigenvalue weighted by atomic mass is 16.5. The van der Waals surface area contributed by atoms with Gasteiger partial charge in [0.15, 0.2) is 0 Å². The van der Waals surface area contributed by atoms with Gasteiger partial charge in [-0.1, -0.05) is 30.3 Å². The quantitative estimate of drug-likeness (QED) is 0.491. The van der Waals surface area contributed by atoms with Crippen LogP contribution < -0.4 is 5.32 Å². The number of fused-ring (bicyclic) bond motifs is 1. The molecule has 7 nitrogen and oxygen atoms in total. The van der Waals surface area contributed by atoms with Crippen molar-refractivity contribution in [3.8, 4) is 11.1 Å². The number of H-pyrrole nitrogens is 1. The predicted octanol–water partition coefficient (Wildman–Crippen LogP) is 3.03. The second kappa shape index (κ2) is 11.4. The van der Waals surface area contributed by atoms with Gasteiger partial charge >= 0.3 is 0 Å². The van der Waals surface area contributed by atoms with Crippen LogP contribution in [0.5, 0.6) is 0 Å². The van der Waals surface area contributed by atoms with Gasteiger partial charge in [0.05, 0.1) is 13.2 Å². The Bertz CT molecular complexity index is 1110. The second-order valence-electron chi connectivity index (χ2n) is 9.80. The van der Waals surface area contributed by atoms with Gasteiger partial charge in [-0.15, -0.1) is 0 Å². The summed E-state index contributed by atoms with van der Waals surface area (Å²) in [5.74, 6) is -0.0155. The van der Waals surface area contributed by atoms with E-state index < -0.39 is 0 Å². The minimum atomic E-state index is -0.0155. The van der Waals surface area contributed by atoms with Gasteiger partial charge in [0, 0.05) is 80.6 Å². The molecule has 0 radical (unpaired) electrons. The van der Waals surface area contributed by atoms with E-state index >= 15 is 0 Å². The minimum Gasteiger partial charge on any atom is -0.379 e. The monoisotopic (exact) mass is 475 g/mol. The van der Waals surface area contributed by atoms with Crippen molar-refractivity contribution in [3.63, 3.8) is 0 Å². The molecule has 35 heavy (non-hydrogen) atoms. The number of aromatic amines is 1. The maximum Gasteiger partial charge on any atom is 0.251 e. The summed E-state index contributed by atoms with van der Waals surface area (Å²) in [4.78, 5) is 23.3. The highest BCUT2D eigenvalue weighted by molar-refractivity contribution is 6.01. The number of likely N-dealkylation sites (N-methyl/N-ethyl adjacent to an activating group) is 1. The fourth-order valence-electron chi connectivity index (χ4n) is 4.99. The Morgan fingerprint density at radius 2 is 1.74 bits per heavy atom.